The van der Waals surface area contributed by atoms with E-state index in [4.69, 9.17) is 4.74 Å². The van der Waals surface area contributed by atoms with Crippen molar-refractivity contribution in [1.29, 1.82) is 0 Å². The standard InChI is InChI=1S/C29H47N7O5/c1-19(2)14-12-10-8-6-4-5-7-9-11-13-15-21(37)30-16-22(38)35-23-20(3)41-29(26(40)25(23)39)36-28-24-27(32-17-31-24)33-18-34-28/h10,12,17-20,23-26,29,39-40H,4-9,11,13-16H2,1-3H3,(H,30,37)(H,35,38)(H,31,32,33,34,36)/b12-10+. The van der Waals surface area contributed by atoms with Crippen molar-refractivity contribution in [2.75, 3.05) is 6.54 Å². The van der Waals surface area contributed by atoms with E-state index in [-0.39, 0.29) is 12.5 Å². The molecule has 2 amide bonds. The van der Waals surface area contributed by atoms with Crippen LogP contribution < -0.4 is 16.0 Å². The third-order valence-electron chi connectivity index (χ3n) is 7.28. The molecule has 0 radical (unpaired) electrons. The molecule has 41 heavy (non-hydrogen) atoms. The van der Waals surface area contributed by atoms with Crippen LogP contribution in [0.3, 0.4) is 0 Å². The number of rotatable bonds is 16. The number of amides is 2. The van der Waals surface area contributed by atoms with E-state index < -0.39 is 42.5 Å². The Hall–Kier alpha value is -2.96. The van der Waals surface area contributed by atoms with Crippen molar-refractivity contribution in [3.05, 3.63) is 12.2 Å². The number of ether oxygens (including phenoxy) is 1. The highest BCUT2D eigenvalue weighted by molar-refractivity contribution is 6.21. The quantitative estimate of drug-likeness (QED) is 0.140. The molecule has 0 aliphatic carbocycles. The van der Waals surface area contributed by atoms with Crippen LogP contribution in [0.15, 0.2) is 32.1 Å². The molecule has 0 aromatic heterocycles. The van der Waals surface area contributed by atoms with E-state index in [1.54, 1.807) is 6.92 Å². The van der Waals surface area contributed by atoms with Crippen LogP contribution in [0.25, 0.3) is 0 Å². The predicted molar refractivity (Wildman–Crippen MR) is 160 cm³/mol. The largest absolute Gasteiger partial charge is 0.388 e. The summed E-state index contributed by atoms with van der Waals surface area (Å²) in [4.78, 5) is 41.4. The number of unbranched alkanes of at least 4 members (excludes halogenated alkanes) is 7. The van der Waals surface area contributed by atoms with Crippen molar-refractivity contribution in [3.63, 3.8) is 0 Å². The van der Waals surface area contributed by atoms with Gasteiger partial charge in [0.25, 0.3) is 0 Å². The first-order valence-corrected chi connectivity index (χ1v) is 14.9. The van der Waals surface area contributed by atoms with Gasteiger partial charge in [0.1, 0.15) is 24.4 Å². The summed E-state index contributed by atoms with van der Waals surface area (Å²) in [6.07, 6.45) is 13.3. The summed E-state index contributed by atoms with van der Waals surface area (Å²) in [6.45, 7) is 5.91. The fourth-order valence-electron chi connectivity index (χ4n) is 4.85. The van der Waals surface area contributed by atoms with Crippen molar-refractivity contribution in [2.45, 2.75) is 122 Å². The summed E-state index contributed by atoms with van der Waals surface area (Å²) >= 11 is 0. The van der Waals surface area contributed by atoms with Gasteiger partial charge in [0, 0.05) is 6.42 Å². The average Bonchev–Trinajstić information content (AvgIpc) is 3.43. The number of hydrogen-bond donors (Lipinski definition) is 5. The SMILES string of the molecule is CC(C)C/C=C/CCCCCCCCCC(=O)NCC(=O)NC1C(C)OC(/N=C2\N=CNC3=NC=NC32)C(O)C1O. The van der Waals surface area contributed by atoms with Crippen LogP contribution in [0, 0.1) is 5.92 Å². The van der Waals surface area contributed by atoms with Crippen LogP contribution in [0.1, 0.15) is 85.0 Å². The van der Waals surface area contributed by atoms with Crippen molar-refractivity contribution >= 4 is 36.2 Å². The van der Waals surface area contributed by atoms with Gasteiger partial charge in [-0.25, -0.2) is 15.0 Å². The third kappa shape index (κ3) is 10.8. The van der Waals surface area contributed by atoms with Gasteiger partial charge in [0.05, 0.1) is 25.0 Å². The highest BCUT2D eigenvalue weighted by Crippen LogP contribution is 2.23. The maximum absolute atomic E-state index is 12.5. The first-order valence-electron chi connectivity index (χ1n) is 14.9. The topological polar surface area (TPSA) is 169 Å². The second-order valence-corrected chi connectivity index (χ2v) is 11.3. The number of amidine groups is 2. The summed E-state index contributed by atoms with van der Waals surface area (Å²) in [5.74, 6) is 0.927. The molecule has 5 N–H and O–H groups in total. The van der Waals surface area contributed by atoms with Gasteiger partial charge in [-0.2, -0.15) is 0 Å². The normalized spacial score (nSPS) is 28.1. The number of nitrogens with zero attached hydrogens (tertiary/aromatic N) is 4. The van der Waals surface area contributed by atoms with Crippen LogP contribution in [0.2, 0.25) is 0 Å². The fourth-order valence-corrected chi connectivity index (χ4v) is 4.85. The number of aliphatic hydroxyl groups excluding tert-OH is 2. The minimum atomic E-state index is -1.40. The average molecular weight is 574 g/mol. The molecule has 6 unspecified atom stereocenters. The maximum atomic E-state index is 12.5. The Kier molecular flexibility index (Phi) is 13.6. The number of allylic oxidation sites excluding steroid dienone is 2. The van der Waals surface area contributed by atoms with Crippen LogP contribution in [-0.2, 0) is 14.3 Å². The number of aliphatic hydroxyl groups is 2. The van der Waals surface area contributed by atoms with Gasteiger partial charge in [-0.3, -0.25) is 14.6 Å². The van der Waals surface area contributed by atoms with Crippen LogP contribution in [-0.4, -0.2) is 89.5 Å². The lowest BCUT2D eigenvalue weighted by atomic mass is 9.96. The zero-order valence-corrected chi connectivity index (χ0v) is 24.5. The Labute approximate surface area is 243 Å². The van der Waals surface area contributed by atoms with Crippen molar-refractivity contribution < 1.29 is 24.5 Å². The van der Waals surface area contributed by atoms with Gasteiger partial charge in [0.15, 0.2) is 18.1 Å². The lowest BCUT2D eigenvalue weighted by Crippen LogP contribution is -2.63. The van der Waals surface area contributed by atoms with E-state index in [1.165, 1.54) is 38.4 Å². The first kappa shape index (κ1) is 32.6. The maximum Gasteiger partial charge on any atom is 0.239 e. The Bertz CT molecular complexity index is 1010. The van der Waals surface area contributed by atoms with Crippen LogP contribution in [0.4, 0.5) is 0 Å². The highest BCUT2D eigenvalue weighted by atomic mass is 16.5. The third-order valence-corrected chi connectivity index (χ3v) is 7.28. The molecule has 1 saturated heterocycles. The molecule has 3 heterocycles. The number of hydrogen-bond acceptors (Lipinski definition) is 9. The number of carbonyl (C=O) groups excluding carboxylic acids is 2. The van der Waals surface area contributed by atoms with E-state index in [1.807, 2.05) is 0 Å². The molecule has 0 aromatic rings. The smallest absolute Gasteiger partial charge is 0.239 e. The summed E-state index contributed by atoms with van der Waals surface area (Å²) in [5, 5.41) is 29.5. The van der Waals surface area contributed by atoms with Gasteiger partial charge in [-0.1, -0.05) is 58.1 Å². The van der Waals surface area contributed by atoms with Gasteiger partial charge in [0.2, 0.25) is 11.8 Å². The highest BCUT2D eigenvalue weighted by Gasteiger charge is 2.44. The molecule has 3 aliphatic heterocycles. The van der Waals surface area contributed by atoms with Crippen molar-refractivity contribution in [3.8, 4) is 0 Å². The fraction of sp³-hybridized carbons (Fsp3) is 0.724. The molecule has 3 aliphatic rings. The van der Waals surface area contributed by atoms with Crippen LogP contribution >= 0.6 is 0 Å². The zero-order valence-electron chi connectivity index (χ0n) is 24.5. The molecule has 0 bridgehead atoms. The van der Waals surface area contributed by atoms with E-state index in [9.17, 15) is 19.8 Å². The van der Waals surface area contributed by atoms with Crippen molar-refractivity contribution in [1.82, 2.24) is 16.0 Å². The molecule has 12 heteroatoms. The number of carbonyl (C=O) groups is 2. The lowest BCUT2D eigenvalue weighted by Gasteiger charge is -2.40. The monoisotopic (exact) mass is 573 g/mol. The minimum Gasteiger partial charge on any atom is -0.388 e. The molecule has 0 aromatic carbocycles. The zero-order chi connectivity index (χ0) is 29.6. The second kappa shape index (κ2) is 17.1. The number of nitrogens with one attached hydrogen (secondary N) is 3. The van der Waals surface area contributed by atoms with E-state index in [0.717, 1.165) is 38.0 Å². The number of fused-ring (bicyclic) bond motifs is 1. The molecule has 6 atom stereocenters. The first-order chi connectivity index (χ1) is 19.8. The Morgan fingerprint density at radius 3 is 2.56 bits per heavy atom. The molecular weight excluding hydrogens is 526 g/mol. The predicted octanol–water partition coefficient (Wildman–Crippen LogP) is 2.01. The molecule has 12 nitrogen and oxygen atoms in total. The molecule has 228 valence electrons. The van der Waals surface area contributed by atoms with E-state index in [0.29, 0.717) is 18.1 Å². The van der Waals surface area contributed by atoms with Gasteiger partial charge in [-0.15, -0.1) is 0 Å². The van der Waals surface area contributed by atoms with Gasteiger partial charge >= 0.3 is 0 Å². The lowest BCUT2D eigenvalue weighted by molar-refractivity contribution is -0.178. The molecular formula is C29H47N7O5. The second-order valence-electron chi connectivity index (χ2n) is 11.3. The minimum absolute atomic E-state index is 0.183. The summed E-state index contributed by atoms with van der Waals surface area (Å²) in [7, 11) is 0. The summed E-state index contributed by atoms with van der Waals surface area (Å²) in [5.41, 5.74) is 0. The summed E-state index contributed by atoms with van der Waals surface area (Å²) < 4.78 is 5.80. The van der Waals surface area contributed by atoms with Crippen molar-refractivity contribution in [2.24, 2.45) is 25.9 Å². The van der Waals surface area contributed by atoms with Crippen LogP contribution in [0.5, 0.6) is 0 Å². The summed E-state index contributed by atoms with van der Waals surface area (Å²) in [6, 6.07) is -1.39. The van der Waals surface area contributed by atoms with E-state index >= 15 is 0 Å². The Balaban J connectivity index is 1.27. The molecule has 0 saturated carbocycles. The molecule has 3 rings (SSSR count). The molecule has 0 spiro atoms. The van der Waals surface area contributed by atoms with Gasteiger partial charge < -0.3 is 30.9 Å². The van der Waals surface area contributed by atoms with E-state index in [2.05, 4.69) is 61.9 Å². The molecule has 1 fully saturated rings. The Morgan fingerprint density at radius 1 is 1.07 bits per heavy atom. The Morgan fingerprint density at radius 2 is 1.80 bits per heavy atom. The van der Waals surface area contributed by atoms with Gasteiger partial charge in [-0.05, 0) is 38.5 Å². The number of aliphatic imine (C=N–C) groups is 4.